The summed E-state index contributed by atoms with van der Waals surface area (Å²) in [7, 11) is 1.86. The summed E-state index contributed by atoms with van der Waals surface area (Å²) in [4.78, 5) is 23.4. The van der Waals surface area contributed by atoms with Crippen LogP contribution in [-0.4, -0.2) is 49.7 Å². The van der Waals surface area contributed by atoms with Crippen molar-refractivity contribution < 1.29 is 9.53 Å². The number of hydrogen-bond acceptors (Lipinski definition) is 5. The number of likely N-dealkylation sites (tertiary alicyclic amines) is 1. The van der Waals surface area contributed by atoms with E-state index in [9.17, 15) is 4.79 Å². The molecular formula is C18H25N5O2. The van der Waals surface area contributed by atoms with Crippen LogP contribution in [0.4, 0.5) is 0 Å². The van der Waals surface area contributed by atoms with E-state index in [4.69, 9.17) is 4.74 Å². The number of aromatic nitrogens is 4. The Bertz CT molecular complexity index is 779. The van der Waals surface area contributed by atoms with Gasteiger partial charge in [-0.25, -0.2) is 4.98 Å². The molecule has 3 rings (SSSR count). The van der Waals surface area contributed by atoms with Gasteiger partial charge in [0.05, 0.1) is 17.8 Å². The topological polar surface area (TPSA) is 73.1 Å². The molecule has 1 amide bonds. The molecule has 1 fully saturated rings. The molecule has 0 spiro atoms. The minimum Gasteiger partial charge on any atom is -0.472 e. The van der Waals surface area contributed by atoms with Gasteiger partial charge >= 0.3 is 0 Å². The van der Waals surface area contributed by atoms with E-state index in [2.05, 4.69) is 15.1 Å². The van der Waals surface area contributed by atoms with Gasteiger partial charge in [-0.15, -0.1) is 0 Å². The number of rotatable bonds is 3. The van der Waals surface area contributed by atoms with E-state index in [1.165, 1.54) is 0 Å². The summed E-state index contributed by atoms with van der Waals surface area (Å²) in [5.74, 6) is 1.31. The van der Waals surface area contributed by atoms with Crippen molar-refractivity contribution in [3.8, 4) is 5.88 Å². The highest BCUT2D eigenvalue weighted by molar-refractivity contribution is 5.96. The lowest BCUT2D eigenvalue weighted by Crippen LogP contribution is -2.44. The zero-order chi connectivity index (χ0) is 18.1. The largest absolute Gasteiger partial charge is 0.472 e. The first-order valence-corrected chi connectivity index (χ1v) is 8.63. The molecule has 0 bridgehead atoms. The van der Waals surface area contributed by atoms with Crippen molar-refractivity contribution >= 4 is 5.91 Å². The first-order chi connectivity index (χ1) is 11.8. The van der Waals surface area contributed by atoms with Crippen LogP contribution < -0.4 is 4.74 Å². The second-order valence-electron chi connectivity index (χ2n) is 6.70. The third-order valence-corrected chi connectivity index (χ3v) is 4.62. The normalized spacial score (nSPS) is 17.6. The van der Waals surface area contributed by atoms with E-state index >= 15 is 0 Å². The molecule has 1 aliphatic heterocycles. The Hall–Kier alpha value is -2.44. The number of ether oxygens (including phenoxy) is 1. The Morgan fingerprint density at radius 1 is 1.24 bits per heavy atom. The van der Waals surface area contributed by atoms with E-state index in [0.717, 1.165) is 36.5 Å². The van der Waals surface area contributed by atoms with Gasteiger partial charge in [0, 0.05) is 31.0 Å². The smallest absolute Gasteiger partial charge is 0.257 e. The number of hydrogen-bond donors (Lipinski definition) is 0. The number of aryl methyl sites for hydroxylation is 4. The quantitative estimate of drug-likeness (QED) is 0.853. The molecule has 1 aliphatic rings. The molecule has 0 radical (unpaired) electrons. The highest BCUT2D eigenvalue weighted by Crippen LogP contribution is 2.21. The maximum Gasteiger partial charge on any atom is 0.257 e. The van der Waals surface area contributed by atoms with Crippen molar-refractivity contribution in [2.24, 2.45) is 7.05 Å². The van der Waals surface area contributed by atoms with E-state index in [0.29, 0.717) is 23.8 Å². The molecule has 0 aliphatic carbocycles. The lowest BCUT2D eigenvalue weighted by Gasteiger charge is -2.32. The van der Waals surface area contributed by atoms with Crippen molar-refractivity contribution in [1.29, 1.82) is 0 Å². The molecule has 0 unspecified atom stereocenters. The molecular weight excluding hydrogens is 318 g/mol. The van der Waals surface area contributed by atoms with Crippen LogP contribution in [0.15, 0.2) is 6.07 Å². The average molecular weight is 343 g/mol. The Morgan fingerprint density at radius 3 is 2.64 bits per heavy atom. The van der Waals surface area contributed by atoms with Crippen molar-refractivity contribution in [3.05, 3.63) is 34.5 Å². The summed E-state index contributed by atoms with van der Waals surface area (Å²) in [6, 6.07) is 1.84. The third-order valence-electron chi connectivity index (χ3n) is 4.62. The van der Waals surface area contributed by atoms with Gasteiger partial charge in [-0.2, -0.15) is 10.1 Å². The van der Waals surface area contributed by atoms with Gasteiger partial charge in [0.2, 0.25) is 5.88 Å². The maximum atomic E-state index is 13.0. The summed E-state index contributed by atoms with van der Waals surface area (Å²) in [5.41, 5.74) is 3.26. The van der Waals surface area contributed by atoms with Crippen LogP contribution in [0.2, 0.25) is 0 Å². The first-order valence-electron chi connectivity index (χ1n) is 8.63. The second kappa shape index (κ2) is 6.82. The van der Waals surface area contributed by atoms with Gasteiger partial charge in [-0.3, -0.25) is 9.48 Å². The highest BCUT2D eigenvalue weighted by Gasteiger charge is 2.29. The lowest BCUT2D eigenvalue weighted by molar-refractivity contribution is 0.0525. The standard InChI is InChI=1S/C18H25N5O2/c1-11-9-16(20-14(4)19-11)25-15-7-6-8-23(10-15)18(24)17-12(2)21-22(5)13(17)3/h9,15H,6-8,10H2,1-5H3/t15-/m1/s1. The molecule has 134 valence electrons. The van der Waals surface area contributed by atoms with Gasteiger partial charge in [0.25, 0.3) is 5.91 Å². The molecule has 25 heavy (non-hydrogen) atoms. The van der Waals surface area contributed by atoms with Crippen LogP contribution in [0.1, 0.15) is 46.1 Å². The lowest BCUT2D eigenvalue weighted by atomic mass is 10.1. The molecule has 7 heteroatoms. The van der Waals surface area contributed by atoms with E-state index in [-0.39, 0.29) is 12.0 Å². The molecule has 0 aromatic carbocycles. The minimum atomic E-state index is -0.0521. The predicted octanol–water partition coefficient (Wildman–Crippen LogP) is 2.13. The number of nitrogens with zero attached hydrogens (tertiary/aromatic N) is 5. The molecule has 1 atom stereocenters. The van der Waals surface area contributed by atoms with Gasteiger partial charge in [-0.1, -0.05) is 0 Å². The Balaban J connectivity index is 1.73. The molecule has 2 aromatic rings. The SMILES string of the molecule is Cc1cc(O[C@@H]2CCCN(C(=O)c3c(C)nn(C)c3C)C2)nc(C)n1. The number of amides is 1. The molecule has 7 nitrogen and oxygen atoms in total. The highest BCUT2D eigenvalue weighted by atomic mass is 16.5. The zero-order valence-electron chi connectivity index (χ0n) is 15.5. The Labute approximate surface area is 148 Å². The van der Waals surface area contributed by atoms with Gasteiger partial charge in [0.1, 0.15) is 11.9 Å². The van der Waals surface area contributed by atoms with Crippen LogP contribution in [0, 0.1) is 27.7 Å². The van der Waals surface area contributed by atoms with Crippen LogP contribution in [0.5, 0.6) is 5.88 Å². The first kappa shape index (κ1) is 17.4. The van der Waals surface area contributed by atoms with Crippen molar-refractivity contribution in [3.63, 3.8) is 0 Å². The summed E-state index contributed by atoms with van der Waals surface area (Å²) >= 11 is 0. The number of carbonyl (C=O) groups is 1. The van der Waals surface area contributed by atoms with Crippen molar-refractivity contribution in [2.45, 2.75) is 46.6 Å². The fourth-order valence-electron chi connectivity index (χ4n) is 3.37. The molecule has 0 N–H and O–H groups in total. The summed E-state index contributed by atoms with van der Waals surface area (Å²) in [6.07, 6.45) is 1.78. The third kappa shape index (κ3) is 3.65. The fourth-order valence-corrected chi connectivity index (χ4v) is 3.37. The molecule has 1 saturated heterocycles. The Morgan fingerprint density at radius 2 is 2.00 bits per heavy atom. The summed E-state index contributed by atoms with van der Waals surface area (Å²) in [5, 5.41) is 4.35. The summed E-state index contributed by atoms with van der Waals surface area (Å²) in [6.45, 7) is 8.89. The van der Waals surface area contributed by atoms with Crippen LogP contribution >= 0.6 is 0 Å². The van der Waals surface area contributed by atoms with Crippen LogP contribution in [0.3, 0.4) is 0 Å². The summed E-state index contributed by atoms with van der Waals surface area (Å²) < 4.78 is 7.79. The fraction of sp³-hybridized carbons (Fsp3) is 0.556. The Kier molecular flexibility index (Phi) is 4.74. The molecule has 0 saturated carbocycles. The van der Waals surface area contributed by atoms with E-state index in [1.54, 1.807) is 4.68 Å². The maximum absolute atomic E-state index is 13.0. The predicted molar refractivity (Wildman–Crippen MR) is 93.7 cm³/mol. The van der Waals surface area contributed by atoms with Crippen LogP contribution in [0.25, 0.3) is 0 Å². The zero-order valence-corrected chi connectivity index (χ0v) is 15.5. The van der Waals surface area contributed by atoms with Crippen molar-refractivity contribution in [1.82, 2.24) is 24.6 Å². The minimum absolute atomic E-state index is 0.0337. The van der Waals surface area contributed by atoms with E-state index in [1.807, 2.05) is 45.7 Å². The van der Waals surface area contributed by atoms with Gasteiger partial charge < -0.3 is 9.64 Å². The van der Waals surface area contributed by atoms with Crippen molar-refractivity contribution in [2.75, 3.05) is 13.1 Å². The van der Waals surface area contributed by atoms with Gasteiger partial charge in [0.15, 0.2) is 0 Å². The second-order valence-corrected chi connectivity index (χ2v) is 6.70. The molecule has 2 aromatic heterocycles. The monoisotopic (exact) mass is 343 g/mol. The van der Waals surface area contributed by atoms with Gasteiger partial charge in [-0.05, 0) is 40.5 Å². The molecule has 3 heterocycles. The average Bonchev–Trinajstić information content (AvgIpc) is 2.78. The number of carbonyl (C=O) groups excluding carboxylic acids is 1. The van der Waals surface area contributed by atoms with E-state index < -0.39 is 0 Å². The number of piperidine rings is 1. The van der Waals surface area contributed by atoms with Crippen LogP contribution in [-0.2, 0) is 7.05 Å².